The molecule has 21 heavy (non-hydrogen) atoms. The Morgan fingerprint density at radius 3 is 1.57 bits per heavy atom. The first kappa shape index (κ1) is 21.5. The van der Waals surface area contributed by atoms with Crippen molar-refractivity contribution in [3.8, 4) is 0 Å². The molecule has 0 saturated heterocycles. The van der Waals surface area contributed by atoms with Gasteiger partial charge >= 0.3 is 26.2 Å². The van der Waals surface area contributed by atoms with Gasteiger partial charge in [-0.3, -0.25) is 0 Å². The number of hydrogen-bond donors (Lipinski definition) is 0. The molecule has 0 nitrogen and oxygen atoms in total. The Kier molecular flexibility index (Phi) is 11.4. The summed E-state index contributed by atoms with van der Waals surface area (Å²) in [4.78, 5) is 0. The van der Waals surface area contributed by atoms with Crippen LogP contribution in [0.25, 0.3) is 0 Å². The molecule has 0 amide bonds. The average Bonchev–Trinajstić information content (AvgIpc) is 3.08. The molecule has 2 atom stereocenters. The zero-order chi connectivity index (χ0) is 12.2. The Balaban J connectivity index is 0.000000333. The standard InChI is InChI=1S/2C9H11.2BrH.Zr/c2*1-2-5-9-7-3-6-8(9)4-1;;;/h2*1-2,4,6,9H,3,5,7H2;2*1H;/q2*-1;;;+4/p-2. The van der Waals surface area contributed by atoms with Gasteiger partial charge in [-0.25, -0.2) is 36.1 Å². The molecule has 2 fully saturated rings. The minimum Gasteiger partial charge on any atom is -1.00 e. The second-order valence-corrected chi connectivity index (χ2v) is 5.62. The Morgan fingerprint density at radius 1 is 0.762 bits per heavy atom. The van der Waals surface area contributed by atoms with Crippen molar-refractivity contribution in [2.45, 2.75) is 38.5 Å². The number of allylic oxidation sites excluding steroid dienone is 8. The van der Waals surface area contributed by atoms with Gasteiger partial charge in [0, 0.05) is 0 Å². The van der Waals surface area contributed by atoms with Crippen molar-refractivity contribution in [1.82, 2.24) is 0 Å². The van der Waals surface area contributed by atoms with E-state index in [9.17, 15) is 0 Å². The van der Waals surface area contributed by atoms with Gasteiger partial charge in [0.2, 0.25) is 0 Å². The maximum Gasteiger partial charge on any atom is 4.00 e. The number of rotatable bonds is 0. The van der Waals surface area contributed by atoms with E-state index in [0.29, 0.717) is 0 Å². The van der Waals surface area contributed by atoms with E-state index >= 15 is 0 Å². The van der Waals surface area contributed by atoms with Gasteiger partial charge in [-0.15, -0.1) is 37.1 Å². The molecule has 0 bridgehead atoms. The molecular weight excluding hydrogens is 467 g/mol. The predicted octanol–water partition coefficient (Wildman–Crippen LogP) is -1.02. The van der Waals surface area contributed by atoms with Crippen molar-refractivity contribution in [3.05, 3.63) is 60.4 Å². The Hall–Kier alpha value is 0.543. The Labute approximate surface area is 169 Å². The number of hydrogen-bond acceptors (Lipinski definition) is 0. The van der Waals surface area contributed by atoms with E-state index in [1.54, 1.807) is 11.1 Å². The summed E-state index contributed by atoms with van der Waals surface area (Å²) in [6.07, 6.45) is 26.1. The monoisotopic (exact) mass is 486 g/mol. The maximum atomic E-state index is 2.37. The third-order valence-electron chi connectivity index (χ3n) is 4.42. The van der Waals surface area contributed by atoms with Crippen LogP contribution in [0.5, 0.6) is 0 Å². The van der Waals surface area contributed by atoms with Crippen LogP contribution in [0.2, 0.25) is 0 Å². The number of halogens is 2. The van der Waals surface area contributed by atoms with Gasteiger partial charge in [-0.05, 0) is 24.7 Å². The van der Waals surface area contributed by atoms with E-state index in [2.05, 4.69) is 49.3 Å². The molecule has 0 aromatic rings. The zero-order valence-electron chi connectivity index (χ0n) is 12.3. The summed E-state index contributed by atoms with van der Waals surface area (Å²) in [5, 5.41) is 0. The molecule has 2 unspecified atom stereocenters. The first-order valence-corrected chi connectivity index (χ1v) is 7.33. The average molecular weight is 489 g/mol. The molecular formula is C18H22Br2Zr. The van der Waals surface area contributed by atoms with Gasteiger partial charge < -0.3 is 34.0 Å². The van der Waals surface area contributed by atoms with Crippen molar-refractivity contribution in [3.63, 3.8) is 0 Å². The molecule has 0 N–H and O–H groups in total. The second-order valence-electron chi connectivity index (χ2n) is 5.62. The topological polar surface area (TPSA) is 0 Å². The van der Waals surface area contributed by atoms with E-state index in [-0.39, 0.29) is 60.2 Å². The molecule has 0 aromatic carbocycles. The summed E-state index contributed by atoms with van der Waals surface area (Å²) >= 11 is 0. The van der Waals surface area contributed by atoms with Crippen molar-refractivity contribution >= 4 is 0 Å². The van der Waals surface area contributed by atoms with Crippen LogP contribution in [0.4, 0.5) is 0 Å². The largest absolute Gasteiger partial charge is 4.00 e. The first-order chi connectivity index (χ1) is 8.93. The van der Waals surface area contributed by atoms with Gasteiger partial charge in [-0.2, -0.15) is 0 Å². The van der Waals surface area contributed by atoms with E-state index in [0.717, 1.165) is 11.8 Å². The molecule has 0 spiro atoms. The molecule has 3 heteroatoms. The van der Waals surface area contributed by atoms with Crippen molar-refractivity contribution in [2.24, 2.45) is 11.8 Å². The molecule has 112 valence electrons. The molecule has 4 aliphatic carbocycles. The SMILES string of the molecule is C1=CCC2CC[CH-]C2=C1.C1=CCC2CC[CH-]C2=C1.[Br-].[Br-].[Zr+4]. The number of fused-ring (bicyclic) bond motifs is 2. The summed E-state index contributed by atoms with van der Waals surface area (Å²) < 4.78 is 0. The summed E-state index contributed by atoms with van der Waals surface area (Å²) in [6, 6.07) is 0. The van der Waals surface area contributed by atoms with Gasteiger partial charge in [0.05, 0.1) is 0 Å². The summed E-state index contributed by atoms with van der Waals surface area (Å²) in [6.45, 7) is 0. The van der Waals surface area contributed by atoms with Crippen LogP contribution < -0.4 is 34.0 Å². The van der Waals surface area contributed by atoms with E-state index in [1.165, 1.54) is 38.5 Å². The fourth-order valence-electron chi connectivity index (χ4n) is 3.33. The van der Waals surface area contributed by atoms with Crippen LogP contribution in [0.1, 0.15) is 38.5 Å². The van der Waals surface area contributed by atoms with Crippen LogP contribution in [0.3, 0.4) is 0 Å². The zero-order valence-corrected chi connectivity index (χ0v) is 17.9. The summed E-state index contributed by atoms with van der Waals surface area (Å²) in [7, 11) is 0. The van der Waals surface area contributed by atoms with Gasteiger partial charge in [-0.1, -0.05) is 12.8 Å². The van der Waals surface area contributed by atoms with Crippen LogP contribution in [0.15, 0.2) is 47.6 Å². The Bertz CT molecular complexity index is 381. The third-order valence-corrected chi connectivity index (χ3v) is 4.42. The third kappa shape index (κ3) is 5.92. The van der Waals surface area contributed by atoms with Gasteiger partial charge in [0.1, 0.15) is 0 Å². The summed E-state index contributed by atoms with van der Waals surface area (Å²) in [5.41, 5.74) is 3.16. The fraction of sp³-hybridized carbons (Fsp3) is 0.444. The van der Waals surface area contributed by atoms with Crippen molar-refractivity contribution < 1.29 is 60.2 Å². The minimum absolute atomic E-state index is 0. The molecule has 4 aliphatic rings. The van der Waals surface area contributed by atoms with Crippen LogP contribution in [0, 0.1) is 24.7 Å². The smallest absolute Gasteiger partial charge is 1.00 e. The maximum absolute atomic E-state index is 2.37. The van der Waals surface area contributed by atoms with E-state index in [1.807, 2.05) is 0 Å². The van der Waals surface area contributed by atoms with E-state index < -0.39 is 0 Å². The fourth-order valence-corrected chi connectivity index (χ4v) is 3.33. The molecule has 0 aliphatic heterocycles. The normalized spacial score (nSPS) is 26.7. The summed E-state index contributed by atoms with van der Waals surface area (Å²) in [5.74, 6) is 1.77. The molecule has 0 aromatic heterocycles. The second kappa shape index (κ2) is 11.1. The van der Waals surface area contributed by atoms with Crippen LogP contribution >= 0.6 is 0 Å². The van der Waals surface area contributed by atoms with Crippen LogP contribution in [-0.2, 0) is 26.2 Å². The van der Waals surface area contributed by atoms with Crippen molar-refractivity contribution in [1.29, 1.82) is 0 Å². The predicted molar refractivity (Wildman–Crippen MR) is 77.7 cm³/mol. The van der Waals surface area contributed by atoms with Crippen LogP contribution in [-0.4, -0.2) is 0 Å². The minimum atomic E-state index is 0. The Morgan fingerprint density at radius 2 is 1.19 bits per heavy atom. The quantitative estimate of drug-likeness (QED) is 0.383. The van der Waals surface area contributed by atoms with Gasteiger partial charge in [0.15, 0.2) is 0 Å². The van der Waals surface area contributed by atoms with Crippen molar-refractivity contribution in [2.75, 3.05) is 0 Å². The molecule has 0 radical (unpaired) electrons. The van der Waals surface area contributed by atoms with E-state index in [4.69, 9.17) is 0 Å². The molecule has 2 saturated carbocycles. The molecule has 4 rings (SSSR count). The van der Waals surface area contributed by atoms with Gasteiger partial charge in [0.25, 0.3) is 0 Å². The molecule has 0 heterocycles. The first-order valence-electron chi connectivity index (χ1n) is 7.33.